The topological polar surface area (TPSA) is 101 Å². The fraction of sp³-hybridized carbons (Fsp3) is 0.320. The van der Waals surface area contributed by atoms with Crippen molar-refractivity contribution < 1.29 is 14.4 Å². The van der Waals surface area contributed by atoms with Crippen molar-refractivity contribution in [3.05, 3.63) is 64.4 Å². The predicted octanol–water partition coefficient (Wildman–Crippen LogP) is 2.62. The second kappa shape index (κ2) is 8.27. The van der Waals surface area contributed by atoms with Gasteiger partial charge in [-0.3, -0.25) is 29.5 Å². The number of rotatable bonds is 4. The van der Waals surface area contributed by atoms with Crippen LogP contribution in [0.25, 0.3) is 22.3 Å². The lowest BCUT2D eigenvalue weighted by Gasteiger charge is -2.19. The summed E-state index contributed by atoms with van der Waals surface area (Å²) in [6.07, 6.45) is 3.19. The quantitative estimate of drug-likeness (QED) is 0.624. The van der Waals surface area contributed by atoms with Crippen molar-refractivity contribution in [2.75, 3.05) is 12.0 Å². The lowest BCUT2D eigenvalue weighted by atomic mass is 9.81. The highest BCUT2D eigenvalue weighted by molar-refractivity contribution is 6.08. The third-order valence-corrected chi connectivity index (χ3v) is 6.56. The Kier molecular flexibility index (Phi) is 5.28. The molecule has 1 saturated heterocycles. The van der Waals surface area contributed by atoms with E-state index in [4.69, 9.17) is 0 Å². The lowest BCUT2D eigenvalue weighted by Crippen LogP contribution is -2.43. The number of nitrogens with zero attached hydrogens (tertiary/aromatic N) is 3. The van der Waals surface area contributed by atoms with E-state index in [0.717, 1.165) is 28.0 Å². The molecule has 1 aromatic heterocycles. The van der Waals surface area contributed by atoms with Crippen molar-refractivity contribution >= 4 is 28.6 Å². The molecule has 168 valence electrons. The smallest absolute Gasteiger partial charge is 0.274 e. The average Bonchev–Trinajstić information content (AvgIpc) is 3.06. The SMILES string of the molecule is Cc1ccc(-c2nc3ccccc3c(=O)n2NC(=O)CN2C(=O)[C@@H]3CCCC[C@H]3C2=O)cc1. The van der Waals surface area contributed by atoms with Gasteiger partial charge in [0.15, 0.2) is 5.82 Å². The Labute approximate surface area is 190 Å². The molecule has 0 radical (unpaired) electrons. The summed E-state index contributed by atoms with van der Waals surface area (Å²) in [7, 11) is 0. The Hall–Kier alpha value is -3.81. The van der Waals surface area contributed by atoms with E-state index in [9.17, 15) is 19.2 Å². The maximum absolute atomic E-state index is 13.3. The largest absolute Gasteiger partial charge is 0.280 e. The molecular weight excluding hydrogens is 420 g/mol. The zero-order chi connectivity index (χ0) is 23.1. The molecule has 3 amide bonds. The fourth-order valence-corrected chi connectivity index (χ4v) is 4.82. The number of para-hydroxylation sites is 1. The van der Waals surface area contributed by atoms with Crippen molar-refractivity contribution in [2.24, 2.45) is 11.8 Å². The summed E-state index contributed by atoms with van der Waals surface area (Å²) >= 11 is 0. The molecule has 1 aliphatic carbocycles. The van der Waals surface area contributed by atoms with E-state index in [1.807, 2.05) is 31.2 Å². The maximum Gasteiger partial charge on any atom is 0.280 e. The Balaban J connectivity index is 1.48. The van der Waals surface area contributed by atoms with Crippen LogP contribution >= 0.6 is 0 Å². The minimum Gasteiger partial charge on any atom is -0.274 e. The number of aromatic nitrogens is 2. The minimum absolute atomic E-state index is 0.278. The number of imide groups is 1. The molecular formula is C25H24N4O4. The van der Waals surface area contributed by atoms with E-state index >= 15 is 0 Å². The molecule has 0 bridgehead atoms. The highest BCUT2D eigenvalue weighted by Crippen LogP contribution is 2.37. The van der Waals surface area contributed by atoms with Crippen LogP contribution in [0.4, 0.5) is 0 Å². The molecule has 2 fully saturated rings. The molecule has 2 aromatic carbocycles. The molecule has 2 aliphatic rings. The van der Waals surface area contributed by atoms with Gasteiger partial charge in [0.2, 0.25) is 11.8 Å². The number of likely N-dealkylation sites (tertiary alicyclic amines) is 1. The van der Waals surface area contributed by atoms with Crippen LogP contribution in [0.2, 0.25) is 0 Å². The highest BCUT2D eigenvalue weighted by atomic mass is 16.2. The number of aryl methyl sites for hydroxylation is 1. The lowest BCUT2D eigenvalue weighted by molar-refractivity contribution is -0.142. The van der Waals surface area contributed by atoms with E-state index in [1.165, 1.54) is 0 Å². The van der Waals surface area contributed by atoms with Crippen LogP contribution in [0.3, 0.4) is 0 Å². The molecule has 0 unspecified atom stereocenters. The summed E-state index contributed by atoms with van der Waals surface area (Å²) < 4.78 is 1.10. The summed E-state index contributed by atoms with van der Waals surface area (Å²) in [6, 6.07) is 14.3. The number of hydrogen-bond donors (Lipinski definition) is 1. The van der Waals surface area contributed by atoms with Crippen LogP contribution in [-0.4, -0.2) is 38.8 Å². The second-order valence-electron chi connectivity index (χ2n) is 8.75. The van der Waals surface area contributed by atoms with E-state index in [1.54, 1.807) is 24.3 Å². The second-order valence-corrected chi connectivity index (χ2v) is 8.75. The molecule has 1 N–H and O–H groups in total. The molecule has 8 heteroatoms. The van der Waals surface area contributed by atoms with E-state index in [2.05, 4.69) is 10.4 Å². The van der Waals surface area contributed by atoms with Gasteiger partial charge in [-0.1, -0.05) is 54.8 Å². The van der Waals surface area contributed by atoms with Crippen LogP contribution in [0.5, 0.6) is 0 Å². The van der Waals surface area contributed by atoms with Gasteiger partial charge in [-0.2, -0.15) is 4.68 Å². The van der Waals surface area contributed by atoms with E-state index < -0.39 is 18.0 Å². The van der Waals surface area contributed by atoms with Gasteiger partial charge in [0.05, 0.1) is 22.7 Å². The zero-order valence-corrected chi connectivity index (χ0v) is 18.3. The number of nitrogens with one attached hydrogen (secondary N) is 1. The van der Waals surface area contributed by atoms with Crippen LogP contribution in [0.1, 0.15) is 31.2 Å². The minimum atomic E-state index is -0.622. The monoisotopic (exact) mass is 444 g/mol. The first kappa shape index (κ1) is 21.1. The van der Waals surface area contributed by atoms with Gasteiger partial charge in [-0.05, 0) is 31.9 Å². The van der Waals surface area contributed by atoms with Crippen molar-refractivity contribution in [3.8, 4) is 11.4 Å². The summed E-state index contributed by atoms with van der Waals surface area (Å²) in [4.78, 5) is 57.3. The number of carbonyl (C=O) groups is 3. The van der Waals surface area contributed by atoms with Crippen molar-refractivity contribution in [1.29, 1.82) is 0 Å². The number of carbonyl (C=O) groups excluding carboxylic acids is 3. The fourth-order valence-electron chi connectivity index (χ4n) is 4.82. The van der Waals surface area contributed by atoms with Gasteiger partial charge in [-0.15, -0.1) is 0 Å². The van der Waals surface area contributed by atoms with Crippen LogP contribution in [0.15, 0.2) is 53.3 Å². The Bertz CT molecular complexity index is 1300. The summed E-state index contributed by atoms with van der Waals surface area (Å²) in [5.41, 5.74) is 4.37. The molecule has 2 heterocycles. The van der Waals surface area contributed by atoms with Gasteiger partial charge in [-0.25, -0.2) is 4.98 Å². The molecule has 2 atom stereocenters. The zero-order valence-electron chi connectivity index (χ0n) is 18.3. The standard InChI is InChI=1S/C25H24N4O4/c1-15-10-12-16(13-11-15)22-26-20-9-5-4-8-19(20)25(33)29(22)27-21(30)14-28-23(31)17-6-2-3-7-18(17)24(28)32/h4-5,8-13,17-18H,2-3,6-7,14H2,1H3,(H,27,30)/t17-,18-/m1/s1. The predicted molar refractivity (Wildman–Crippen MR) is 123 cm³/mol. The molecule has 33 heavy (non-hydrogen) atoms. The average molecular weight is 444 g/mol. The van der Waals surface area contributed by atoms with Gasteiger partial charge < -0.3 is 0 Å². The van der Waals surface area contributed by atoms with Gasteiger partial charge >= 0.3 is 0 Å². The Morgan fingerprint density at radius 3 is 2.27 bits per heavy atom. The third-order valence-electron chi connectivity index (χ3n) is 6.56. The number of hydrogen-bond acceptors (Lipinski definition) is 5. The Morgan fingerprint density at radius 2 is 1.61 bits per heavy atom. The molecule has 3 aromatic rings. The summed E-state index contributed by atoms with van der Waals surface area (Å²) in [6.45, 7) is 1.53. The van der Waals surface area contributed by atoms with Crippen molar-refractivity contribution in [2.45, 2.75) is 32.6 Å². The first-order valence-corrected chi connectivity index (χ1v) is 11.2. The molecule has 0 spiro atoms. The van der Waals surface area contributed by atoms with Crippen LogP contribution < -0.4 is 11.0 Å². The van der Waals surface area contributed by atoms with Crippen LogP contribution in [-0.2, 0) is 14.4 Å². The Morgan fingerprint density at radius 1 is 0.970 bits per heavy atom. The highest BCUT2D eigenvalue weighted by Gasteiger charge is 2.48. The molecule has 5 rings (SSSR count). The van der Waals surface area contributed by atoms with E-state index in [0.29, 0.717) is 29.3 Å². The molecule has 8 nitrogen and oxygen atoms in total. The third kappa shape index (κ3) is 3.71. The number of amides is 3. The summed E-state index contributed by atoms with van der Waals surface area (Å²) in [5.74, 6) is -1.58. The normalized spacial score (nSPS) is 20.2. The number of fused-ring (bicyclic) bond motifs is 2. The molecule has 1 aliphatic heterocycles. The van der Waals surface area contributed by atoms with E-state index in [-0.39, 0.29) is 29.5 Å². The van der Waals surface area contributed by atoms with Gasteiger partial charge in [0.1, 0.15) is 6.54 Å². The van der Waals surface area contributed by atoms with Crippen LogP contribution in [0, 0.1) is 18.8 Å². The molecule has 1 saturated carbocycles. The summed E-state index contributed by atoms with van der Waals surface area (Å²) in [5, 5.41) is 0.355. The van der Waals surface area contributed by atoms with Crippen molar-refractivity contribution in [3.63, 3.8) is 0 Å². The van der Waals surface area contributed by atoms with Crippen molar-refractivity contribution in [1.82, 2.24) is 14.6 Å². The maximum atomic E-state index is 13.3. The van der Waals surface area contributed by atoms with Gasteiger partial charge in [0, 0.05) is 5.56 Å². The first-order chi connectivity index (χ1) is 15.9. The van der Waals surface area contributed by atoms with Gasteiger partial charge in [0.25, 0.3) is 11.5 Å². The first-order valence-electron chi connectivity index (χ1n) is 11.2. The number of benzene rings is 2.